The molecule has 0 spiro atoms. The van der Waals surface area contributed by atoms with E-state index in [0.29, 0.717) is 23.6 Å². The zero-order chi connectivity index (χ0) is 13.8. The van der Waals surface area contributed by atoms with Crippen LogP contribution < -0.4 is 10.1 Å². The van der Waals surface area contributed by atoms with E-state index in [9.17, 15) is 0 Å². The third-order valence-electron chi connectivity index (χ3n) is 3.09. The van der Waals surface area contributed by atoms with Gasteiger partial charge in [0.1, 0.15) is 0 Å². The quantitative estimate of drug-likeness (QED) is 0.917. The second-order valence-electron chi connectivity index (χ2n) is 4.53. The molecule has 0 amide bonds. The van der Waals surface area contributed by atoms with E-state index in [1.54, 1.807) is 19.4 Å². The highest BCUT2D eigenvalue weighted by atomic mass is 35.5. The van der Waals surface area contributed by atoms with Gasteiger partial charge < -0.3 is 14.6 Å². The molecule has 3 rings (SSSR count). The van der Waals surface area contributed by atoms with Gasteiger partial charge in [0, 0.05) is 48.3 Å². The number of hydrogen-bond acceptors (Lipinski definition) is 7. The summed E-state index contributed by atoms with van der Waals surface area (Å²) in [6.07, 6.45) is 2.45. The Balaban J connectivity index is 0.00000161. The molecular formula is C13H17ClN4O2S. The van der Waals surface area contributed by atoms with Crippen molar-refractivity contribution in [2.75, 3.05) is 25.2 Å². The highest BCUT2D eigenvalue weighted by Crippen LogP contribution is 2.18. The fourth-order valence-corrected chi connectivity index (χ4v) is 3.00. The third kappa shape index (κ3) is 4.09. The highest BCUT2D eigenvalue weighted by Gasteiger charge is 2.17. The first-order valence-electron chi connectivity index (χ1n) is 6.49. The van der Waals surface area contributed by atoms with Crippen LogP contribution in [0.1, 0.15) is 5.89 Å². The first kappa shape index (κ1) is 16.1. The van der Waals surface area contributed by atoms with Crippen molar-refractivity contribution < 1.29 is 9.26 Å². The predicted octanol–water partition coefficient (Wildman–Crippen LogP) is 1.81. The largest absolute Gasteiger partial charge is 0.481 e. The Kier molecular flexibility index (Phi) is 5.84. The van der Waals surface area contributed by atoms with Gasteiger partial charge in [0.15, 0.2) is 0 Å². The van der Waals surface area contributed by atoms with Gasteiger partial charge in [0.25, 0.3) is 0 Å². The number of pyridine rings is 1. The average molecular weight is 329 g/mol. The normalized spacial score (nSPS) is 18.0. The van der Waals surface area contributed by atoms with Crippen LogP contribution in [0.25, 0.3) is 11.4 Å². The van der Waals surface area contributed by atoms with Crippen molar-refractivity contribution >= 4 is 24.2 Å². The van der Waals surface area contributed by atoms with Crippen molar-refractivity contribution in [2.24, 2.45) is 0 Å². The van der Waals surface area contributed by atoms with E-state index in [4.69, 9.17) is 9.26 Å². The Morgan fingerprint density at radius 3 is 3.05 bits per heavy atom. The van der Waals surface area contributed by atoms with Crippen molar-refractivity contribution in [2.45, 2.75) is 12.5 Å². The molecule has 1 fully saturated rings. The summed E-state index contributed by atoms with van der Waals surface area (Å²) in [5.74, 6) is 4.06. The molecule has 1 aliphatic rings. The third-order valence-corrected chi connectivity index (χ3v) is 4.22. The second-order valence-corrected chi connectivity index (χ2v) is 5.68. The highest BCUT2D eigenvalue weighted by molar-refractivity contribution is 7.99. The van der Waals surface area contributed by atoms with E-state index >= 15 is 0 Å². The average Bonchev–Trinajstić information content (AvgIpc) is 2.97. The van der Waals surface area contributed by atoms with E-state index in [-0.39, 0.29) is 12.4 Å². The molecule has 8 heteroatoms. The zero-order valence-corrected chi connectivity index (χ0v) is 13.2. The van der Waals surface area contributed by atoms with E-state index in [0.717, 1.165) is 24.3 Å². The first-order valence-corrected chi connectivity index (χ1v) is 7.65. The first-order chi connectivity index (χ1) is 9.85. The van der Waals surface area contributed by atoms with Crippen molar-refractivity contribution in [3.05, 3.63) is 24.2 Å². The van der Waals surface area contributed by atoms with Gasteiger partial charge in [-0.05, 0) is 6.07 Å². The van der Waals surface area contributed by atoms with Crippen LogP contribution >= 0.6 is 24.2 Å². The summed E-state index contributed by atoms with van der Waals surface area (Å²) in [5.41, 5.74) is 0.826. The predicted molar refractivity (Wildman–Crippen MR) is 84.1 cm³/mol. The zero-order valence-electron chi connectivity index (χ0n) is 11.6. The molecule has 1 N–H and O–H groups in total. The van der Waals surface area contributed by atoms with Crippen LogP contribution in [-0.2, 0) is 6.42 Å². The fraction of sp³-hybridized carbons (Fsp3) is 0.462. The summed E-state index contributed by atoms with van der Waals surface area (Å²) in [6.45, 7) is 1.04. The molecule has 0 aromatic carbocycles. The van der Waals surface area contributed by atoms with Crippen molar-refractivity contribution in [3.63, 3.8) is 0 Å². The molecule has 2 aromatic heterocycles. The van der Waals surface area contributed by atoms with Crippen LogP contribution in [0.2, 0.25) is 0 Å². The van der Waals surface area contributed by atoms with Gasteiger partial charge in [-0.2, -0.15) is 16.7 Å². The Bertz CT molecular complexity index is 558. The van der Waals surface area contributed by atoms with Crippen LogP contribution in [-0.4, -0.2) is 46.3 Å². The van der Waals surface area contributed by atoms with Crippen molar-refractivity contribution in [3.8, 4) is 17.3 Å². The van der Waals surface area contributed by atoms with E-state index in [2.05, 4.69) is 20.4 Å². The molecule has 0 saturated carbocycles. The Labute approximate surface area is 133 Å². The number of halogens is 1. The molecule has 21 heavy (non-hydrogen) atoms. The Morgan fingerprint density at radius 2 is 2.38 bits per heavy atom. The molecule has 3 heterocycles. The maximum absolute atomic E-state index is 5.31. The molecule has 1 atom stereocenters. The number of aromatic nitrogens is 3. The van der Waals surface area contributed by atoms with Crippen LogP contribution in [0.5, 0.6) is 5.88 Å². The molecule has 114 valence electrons. The molecule has 1 aliphatic heterocycles. The molecule has 0 aliphatic carbocycles. The van der Waals surface area contributed by atoms with Crippen LogP contribution in [0, 0.1) is 0 Å². The van der Waals surface area contributed by atoms with Crippen molar-refractivity contribution in [1.82, 2.24) is 20.4 Å². The SMILES string of the molecule is COc1ccc(-c2noc(CC3CSCCN3)n2)cn1.Cl. The molecule has 2 aromatic rings. The number of rotatable bonds is 4. The van der Waals surface area contributed by atoms with Gasteiger partial charge in [-0.1, -0.05) is 5.16 Å². The standard InChI is InChI=1S/C13H16N4O2S.ClH/c1-18-11-3-2-9(7-15-11)13-16-12(19-17-13)6-10-8-20-5-4-14-10;/h2-3,7,10,14H,4-6,8H2,1H3;1H. The molecular weight excluding hydrogens is 312 g/mol. The lowest BCUT2D eigenvalue weighted by Crippen LogP contribution is -2.38. The monoisotopic (exact) mass is 328 g/mol. The summed E-state index contributed by atoms with van der Waals surface area (Å²) in [4.78, 5) is 8.56. The summed E-state index contributed by atoms with van der Waals surface area (Å²) in [5, 5.41) is 7.46. The summed E-state index contributed by atoms with van der Waals surface area (Å²) < 4.78 is 10.3. The number of ether oxygens (including phenoxy) is 1. The minimum atomic E-state index is 0. The summed E-state index contributed by atoms with van der Waals surface area (Å²) >= 11 is 1.95. The maximum Gasteiger partial charge on any atom is 0.228 e. The van der Waals surface area contributed by atoms with Gasteiger partial charge in [-0.3, -0.25) is 0 Å². The molecule has 6 nitrogen and oxygen atoms in total. The van der Waals surface area contributed by atoms with Crippen molar-refractivity contribution in [1.29, 1.82) is 0 Å². The van der Waals surface area contributed by atoms with E-state index < -0.39 is 0 Å². The number of thioether (sulfide) groups is 1. The topological polar surface area (TPSA) is 73.1 Å². The van der Waals surface area contributed by atoms with Gasteiger partial charge in [-0.25, -0.2) is 4.98 Å². The Hall–Kier alpha value is -1.31. The van der Waals surface area contributed by atoms with E-state index in [1.165, 1.54) is 5.75 Å². The van der Waals surface area contributed by atoms with Gasteiger partial charge >= 0.3 is 0 Å². The van der Waals surface area contributed by atoms with E-state index in [1.807, 2.05) is 17.8 Å². The number of methoxy groups -OCH3 is 1. The van der Waals surface area contributed by atoms with Gasteiger partial charge in [-0.15, -0.1) is 12.4 Å². The lowest BCUT2D eigenvalue weighted by molar-refractivity contribution is 0.363. The Morgan fingerprint density at radius 1 is 1.48 bits per heavy atom. The molecule has 0 bridgehead atoms. The lowest BCUT2D eigenvalue weighted by atomic mass is 10.2. The minimum absolute atomic E-state index is 0. The van der Waals surface area contributed by atoms with Gasteiger partial charge in [0.2, 0.25) is 17.6 Å². The fourth-order valence-electron chi connectivity index (χ4n) is 2.05. The molecule has 1 unspecified atom stereocenters. The molecule has 1 saturated heterocycles. The number of hydrogen-bond donors (Lipinski definition) is 1. The van der Waals surface area contributed by atoms with Crippen LogP contribution in [0.3, 0.4) is 0 Å². The smallest absolute Gasteiger partial charge is 0.228 e. The number of nitrogens with one attached hydrogen (secondary N) is 1. The van der Waals surface area contributed by atoms with Crippen LogP contribution in [0.15, 0.2) is 22.9 Å². The lowest BCUT2D eigenvalue weighted by Gasteiger charge is -2.21. The van der Waals surface area contributed by atoms with Gasteiger partial charge in [0.05, 0.1) is 7.11 Å². The summed E-state index contributed by atoms with van der Waals surface area (Å²) in [6, 6.07) is 4.07. The maximum atomic E-state index is 5.31. The second kappa shape index (κ2) is 7.63. The minimum Gasteiger partial charge on any atom is -0.481 e. The number of nitrogens with zero attached hydrogens (tertiary/aromatic N) is 3. The molecule has 0 radical (unpaired) electrons. The van der Waals surface area contributed by atoms with Crippen LogP contribution in [0.4, 0.5) is 0 Å². The summed E-state index contributed by atoms with van der Waals surface area (Å²) in [7, 11) is 1.59.